The number of hydrogen-bond donors (Lipinski definition) is 1. The van der Waals surface area contributed by atoms with Gasteiger partial charge in [0.2, 0.25) is 0 Å². The lowest BCUT2D eigenvalue weighted by atomic mass is 9.85. The minimum Gasteiger partial charge on any atom is -0.481 e. The highest BCUT2D eigenvalue weighted by Crippen LogP contribution is 2.29. The van der Waals surface area contributed by atoms with Crippen molar-refractivity contribution in [2.24, 2.45) is 5.92 Å². The Morgan fingerprint density at radius 3 is 2.82 bits per heavy atom. The Labute approximate surface area is 64.7 Å². The minimum absolute atomic E-state index is 0.302. The van der Waals surface area contributed by atoms with E-state index in [4.69, 9.17) is 5.11 Å². The number of allylic oxidation sites excluding steroid dienone is 1. The molecule has 0 spiro atoms. The lowest BCUT2D eigenvalue weighted by molar-refractivity contribution is -0.144. The summed E-state index contributed by atoms with van der Waals surface area (Å²) in [5.74, 6) is -1.89. The van der Waals surface area contributed by atoms with Crippen LogP contribution in [0.3, 0.4) is 0 Å². The maximum absolute atomic E-state index is 12.9. The summed E-state index contributed by atoms with van der Waals surface area (Å²) in [6.45, 7) is 3.65. The summed E-state index contributed by atoms with van der Waals surface area (Å²) in [6, 6.07) is 0. The lowest BCUT2D eigenvalue weighted by Gasteiger charge is -2.23. The minimum atomic E-state index is -1.18. The molecule has 2 nitrogen and oxygen atoms in total. The molecule has 1 rings (SSSR count). The van der Waals surface area contributed by atoms with Crippen LogP contribution < -0.4 is 0 Å². The summed E-state index contributed by atoms with van der Waals surface area (Å²) in [6.07, 6.45) is 0.0649. The van der Waals surface area contributed by atoms with E-state index in [1.165, 1.54) is 0 Å². The van der Waals surface area contributed by atoms with Gasteiger partial charge in [-0.1, -0.05) is 12.2 Å². The largest absolute Gasteiger partial charge is 0.481 e. The van der Waals surface area contributed by atoms with Crippen LogP contribution in [0.5, 0.6) is 0 Å². The smallest absolute Gasteiger partial charge is 0.309 e. The maximum Gasteiger partial charge on any atom is 0.309 e. The van der Waals surface area contributed by atoms with E-state index in [9.17, 15) is 9.18 Å². The van der Waals surface area contributed by atoms with E-state index in [1.807, 2.05) is 0 Å². The predicted octanol–water partition coefficient (Wildman–Crippen LogP) is 1.77. The van der Waals surface area contributed by atoms with Gasteiger partial charge < -0.3 is 5.11 Å². The zero-order chi connectivity index (χ0) is 8.43. The van der Waals surface area contributed by atoms with E-state index >= 15 is 0 Å². The molecule has 0 heterocycles. The van der Waals surface area contributed by atoms with E-state index in [0.29, 0.717) is 19.3 Å². The summed E-state index contributed by atoms with van der Waals surface area (Å²) < 4.78 is 12.9. The van der Waals surface area contributed by atoms with E-state index in [-0.39, 0.29) is 0 Å². The van der Waals surface area contributed by atoms with Gasteiger partial charge in [-0.3, -0.25) is 4.79 Å². The van der Waals surface area contributed by atoms with Crippen molar-refractivity contribution in [1.29, 1.82) is 0 Å². The molecule has 2 unspecified atom stereocenters. The first-order valence-electron chi connectivity index (χ1n) is 3.65. The molecule has 2 atom stereocenters. The van der Waals surface area contributed by atoms with Crippen LogP contribution in [0.1, 0.15) is 19.3 Å². The van der Waals surface area contributed by atoms with Gasteiger partial charge in [0, 0.05) is 0 Å². The highest BCUT2D eigenvalue weighted by atomic mass is 19.1. The Hall–Kier alpha value is -0.860. The van der Waals surface area contributed by atoms with Gasteiger partial charge in [-0.05, 0) is 19.3 Å². The van der Waals surface area contributed by atoms with Gasteiger partial charge in [0.05, 0.1) is 5.92 Å². The Balaban J connectivity index is 2.61. The molecule has 0 aromatic heterocycles. The summed E-state index contributed by atoms with van der Waals surface area (Å²) in [7, 11) is 0. The molecular formula is C8H11FO2. The van der Waals surface area contributed by atoms with Gasteiger partial charge >= 0.3 is 5.97 Å². The number of halogens is 1. The van der Waals surface area contributed by atoms with Crippen LogP contribution in [0.4, 0.5) is 4.39 Å². The molecule has 3 heteroatoms. The molecule has 1 fully saturated rings. The van der Waals surface area contributed by atoms with Crippen LogP contribution in [0.15, 0.2) is 12.2 Å². The number of carboxylic acid groups (broad SMARTS) is 1. The van der Waals surface area contributed by atoms with Crippen molar-refractivity contribution in [3.05, 3.63) is 12.2 Å². The van der Waals surface area contributed by atoms with E-state index in [0.717, 1.165) is 5.57 Å². The first-order chi connectivity index (χ1) is 5.11. The molecule has 0 saturated heterocycles. The summed E-state index contributed by atoms with van der Waals surface area (Å²) in [4.78, 5) is 10.4. The first-order valence-corrected chi connectivity index (χ1v) is 3.65. The molecular weight excluding hydrogens is 147 g/mol. The van der Waals surface area contributed by atoms with Crippen molar-refractivity contribution in [3.63, 3.8) is 0 Å². The molecule has 0 radical (unpaired) electrons. The van der Waals surface area contributed by atoms with Gasteiger partial charge in [0.15, 0.2) is 0 Å². The maximum atomic E-state index is 12.9. The van der Waals surface area contributed by atoms with Crippen molar-refractivity contribution in [1.82, 2.24) is 0 Å². The number of carbonyl (C=O) groups is 1. The molecule has 1 saturated carbocycles. The molecule has 11 heavy (non-hydrogen) atoms. The Morgan fingerprint density at radius 2 is 2.36 bits per heavy atom. The van der Waals surface area contributed by atoms with Gasteiger partial charge in [0.25, 0.3) is 0 Å². The van der Waals surface area contributed by atoms with Crippen molar-refractivity contribution < 1.29 is 14.3 Å². The van der Waals surface area contributed by atoms with Gasteiger partial charge in [-0.15, -0.1) is 0 Å². The number of alkyl halides is 1. The Kier molecular flexibility index (Phi) is 2.27. The van der Waals surface area contributed by atoms with Gasteiger partial charge in [-0.2, -0.15) is 0 Å². The standard InChI is InChI=1S/C8H11FO2/c1-5-2-3-7(9)6(4-5)8(10)11/h6-7H,1-4H2,(H,10,11). The second-order valence-corrected chi connectivity index (χ2v) is 2.95. The fourth-order valence-electron chi connectivity index (χ4n) is 1.33. The second kappa shape index (κ2) is 3.03. The number of rotatable bonds is 1. The lowest BCUT2D eigenvalue weighted by Crippen LogP contribution is -2.28. The van der Waals surface area contributed by atoms with Crippen LogP contribution in [0.2, 0.25) is 0 Å². The van der Waals surface area contributed by atoms with Crippen molar-refractivity contribution >= 4 is 5.97 Å². The molecule has 1 aliphatic carbocycles. The van der Waals surface area contributed by atoms with Crippen LogP contribution in [0, 0.1) is 5.92 Å². The van der Waals surface area contributed by atoms with Crippen LogP contribution in [0.25, 0.3) is 0 Å². The summed E-state index contributed by atoms with van der Waals surface area (Å²) >= 11 is 0. The second-order valence-electron chi connectivity index (χ2n) is 2.95. The third-order valence-corrected chi connectivity index (χ3v) is 2.04. The normalized spacial score (nSPS) is 31.9. The fourth-order valence-corrected chi connectivity index (χ4v) is 1.33. The zero-order valence-corrected chi connectivity index (χ0v) is 6.22. The number of aliphatic carboxylic acids is 1. The number of hydrogen-bond acceptors (Lipinski definition) is 1. The van der Waals surface area contributed by atoms with Crippen molar-refractivity contribution in [2.75, 3.05) is 0 Å². The quantitative estimate of drug-likeness (QED) is 0.590. The Morgan fingerprint density at radius 1 is 1.73 bits per heavy atom. The Bertz CT molecular complexity index is 189. The topological polar surface area (TPSA) is 37.3 Å². The molecule has 0 aromatic rings. The SMILES string of the molecule is C=C1CCC(F)C(C(=O)O)C1. The molecule has 0 amide bonds. The molecule has 0 aliphatic heterocycles. The third-order valence-electron chi connectivity index (χ3n) is 2.04. The monoisotopic (exact) mass is 158 g/mol. The average Bonchev–Trinajstić information content (AvgIpc) is 1.94. The summed E-state index contributed by atoms with van der Waals surface area (Å²) in [5, 5.41) is 8.55. The number of carboxylic acids is 1. The van der Waals surface area contributed by atoms with Crippen molar-refractivity contribution in [3.8, 4) is 0 Å². The molecule has 0 aromatic carbocycles. The molecule has 0 bridgehead atoms. The van der Waals surface area contributed by atoms with Gasteiger partial charge in [-0.25, -0.2) is 4.39 Å². The van der Waals surface area contributed by atoms with Crippen LogP contribution >= 0.6 is 0 Å². The molecule has 1 N–H and O–H groups in total. The van der Waals surface area contributed by atoms with E-state index in [1.54, 1.807) is 0 Å². The average molecular weight is 158 g/mol. The summed E-state index contributed by atoms with van der Waals surface area (Å²) in [5.41, 5.74) is 0.853. The third kappa shape index (κ3) is 1.79. The van der Waals surface area contributed by atoms with E-state index in [2.05, 4.69) is 6.58 Å². The van der Waals surface area contributed by atoms with Gasteiger partial charge in [0.1, 0.15) is 6.17 Å². The predicted molar refractivity (Wildman–Crippen MR) is 39.0 cm³/mol. The first kappa shape index (κ1) is 8.24. The fraction of sp³-hybridized carbons (Fsp3) is 0.625. The van der Waals surface area contributed by atoms with Crippen LogP contribution in [-0.2, 0) is 4.79 Å². The molecule has 1 aliphatic rings. The molecule has 62 valence electrons. The highest BCUT2D eigenvalue weighted by molar-refractivity contribution is 5.71. The van der Waals surface area contributed by atoms with Crippen LogP contribution in [-0.4, -0.2) is 17.2 Å². The van der Waals surface area contributed by atoms with Crippen molar-refractivity contribution in [2.45, 2.75) is 25.4 Å². The zero-order valence-electron chi connectivity index (χ0n) is 6.22. The van der Waals surface area contributed by atoms with E-state index < -0.39 is 18.1 Å². The highest BCUT2D eigenvalue weighted by Gasteiger charge is 2.31.